The number of anilines is 1. The van der Waals surface area contributed by atoms with Gasteiger partial charge in [-0.25, -0.2) is 4.79 Å². The monoisotopic (exact) mass is 390 g/mol. The molecule has 0 spiro atoms. The van der Waals surface area contributed by atoms with Crippen molar-refractivity contribution in [1.29, 1.82) is 0 Å². The van der Waals surface area contributed by atoms with Gasteiger partial charge in [-0.05, 0) is 55.9 Å². The maximum atomic E-state index is 13.0. The summed E-state index contributed by atoms with van der Waals surface area (Å²) < 4.78 is 0. The van der Waals surface area contributed by atoms with E-state index in [0.717, 1.165) is 23.7 Å². The summed E-state index contributed by atoms with van der Waals surface area (Å²) in [6.45, 7) is 1.67. The van der Waals surface area contributed by atoms with Gasteiger partial charge in [0, 0.05) is 17.3 Å². The Hall–Kier alpha value is -3.22. The minimum atomic E-state index is -0.706. The van der Waals surface area contributed by atoms with Crippen molar-refractivity contribution in [3.8, 4) is 0 Å². The zero-order chi connectivity index (χ0) is 20.1. The van der Waals surface area contributed by atoms with Gasteiger partial charge in [0.05, 0.1) is 17.4 Å². The molecule has 7 heteroatoms. The molecule has 0 unspecified atom stereocenters. The summed E-state index contributed by atoms with van der Waals surface area (Å²) in [5.74, 6) is -0.595. The number of rotatable bonds is 3. The van der Waals surface area contributed by atoms with Crippen molar-refractivity contribution < 1.29 is 14.4 Å². The number of hydrogen-bond acceptors (Lipinski definition) is 4. The Bertz CT molecular complexity index is 1020. The number of benzene rings is 1. The predicted molar refractivity (Wildman–Crippen MR) is 108 cm³/mol. The van der Waals surface area contributed by atoms with Gasteiger partial charge in [0.25, 0.3) is 0 Å². The largest absolute Gasteiger partial charge is 0.320 e. The average Bonchev–Trinajstić information content (AvgIpc) is 3.01. The van der Waals surface area contributed by atoms with Crippen LogP contribution in [-0.4, -0.2) is 33.9 Å². The van der Waals surface area contributed by atoms with E-state index >= 15 is 0 Å². The van der Waals surface area contributed by atoms with E-state index in [-0.39, 0.29) is 35.5 Å². The number of likely N-dealkylation sites (tertiary alicyclic amines) is 1. The Labute approximate surface area is 168 Å². The van der Waals surface area contributed by atoms with E-state index in [1.165, 1.54) is 4.90 Å². The van der Waals surface area contributed by atoms with Crippen LogP contribution in [0, 0.1) is 23.7 Å². The number of urea groups is 1. The highest BCUT2D eigenvalue weighted by Crippen LogP contribution is 2.49. The second-order valence-electron chi connectivity index (χ2n) is 8.07. The van der Waals surface area contributed by atoms with Gasteiger partial charge >= 0.3 is 6.03 Å². The molecule has 6 rings (SSSR count). The van der Waals surface area contributed by atoms with Gasteiger partial charge in [-0.3, -0.25) is 19.5 Å². The van der Waals surface area contributed by atoms with Crippen molar-refractivity contribution in [1.82, 2.24) is 15.2 Å². The Balaban J connectivity index is 1.28. The third-order valence-electron chi connectivity index (χ3n) is 6.38. The van der Waals surface area contributed by atoms with Crippen molar-refractivity contribution >= 4 is 34.4 Å². The van der Waals surface area contributed by atoms with Crippen LogP contribution in [0.25, 0.3) is 10.9 Å². The van der Waals surface area contributed by atoms with Crippen LogP contribution in [0.15, 0.2) is 48.7 Å². The van der Waals surface area contributed by atoms with Gasteiger partial charge in [-0.1, -0.05) is 18.2 Å². The summed E-state index contributed by atoms with van der Waals surface area (Å²) in [7, 11) is 0. The molecule has 7 nitrogen and oxygen atoms in total. The number of nitrogens with zero attached hydrogens (tertiary/aromatic N) is 2. The predicted octanol–water partition coefficient (Wildman–Crippen LogP) is 2.90. The molecule has 2 aromatic rings. The van der Waals surface area contributed by atoms with Gasteiger partial charge in [0.1, 0.15) is 6.17 Å². The van der Waals surface area contributed by atoms with E-state index in [1.807, 2.05) is 24.3 Å². The van der Waals surface area contributed by atoms with Crippen LogP contribution >= 0.6 is 0 Å². The molecule has 3 aliphatic carbocycles. The normalized spacial score (nSPS) is 28.5. The lowest BCUT2D eigenvalue weighted by atomic mass is 9.63. The van der Waals surface area contributed by atoms with E-state index < -0.39 is 12.2 Å². The SMILES string of the molecule is C[C@H](NC(=O)Nc1ccc2ncccc2c1)N1C(=O)[C@H]2[C@H](C1=O)[C@H]1C=C[C@H]2CC1. The zero-order valence-corrected chi connectivity index (χ0v) is 16.0. The van der Waals surface area contributed by atoms with Gasteiger partial charge in [0.2, 0.25) is 11.8 Å². The van der Waals surface area contributed by atoms with Gasteiger partial charge < -0.3 is 10.6 Å². The summed E-state index contributed by atoms with van der Waals surface area (Å²) >= 11 is 0. The van der Waals surface area contributed by atoms with Crippen molar-refractivity contribution in [3.63, 3.8) is 0 Å². The summed E-state index contributed by atoms with van der Waals surface area (Å²) in [4.78, 5) is 43.9. The number of aromatic nitrogens is 1. The van der Waals surface area contributed by atoms with Crippen molar-refractivity contribution in [3.05, 3.63) is 48.7 Å². The fourth-order valence-corrected chi connectivity index (χ4v) is 5.05. The quantitative estimate of drug-likeness (QED) is 0.623. The summed E-state index contributed by atoms with van der Waals surface area (Å²) in [6.07, 6.45) is 7.09. The highest BCUT2D eigenvalue weighted by Gasteiger charge is 2.57. The molecule has 148 valence electrons. The number of amides is 4. The number of nitrogens with one attached hydrogen (secondary N) is 2. The Morgan fingerprint density at radius 3 is 2.45 bits per heavy atom. The number of imide groups is 1. The molecule has 1 aromatic carbocycles. The van der Waals surface area contributed by atoms with Crippen LogP contribution in [0.3, 0.4) is 0 Å². The molecule has 2 N–H and O–H groups in total. The van der Waals surface area contributed by atoms with Crippen molar-refractivity contribution in [2.75, 3.05) is 5.32 Å². The first-order valence-electron chi connectivity index (χ1n) is 10.0. The van der Waals surface area contributed by atoms with Crippen molar-refractivity contribution in [2.24, 2.45) is 23.7 Å². The third kappa shape index (κ3) is 2.88. The fourth-order valence-electron chi connectivity index (χ4n) is 5.05. The molecule has 2 heterocycles. The average molecular weight is 390 g/mol. The molecular weight excluding hydrogens is 368 g/mol. The van der Waals surface area contributed by atoms with Gasteiger partial charge in [0.15, 0.2) is 0 Å². The second-order valence-corrected chi connectivity index (χ2v) is 8.07. The highest BCUT2D eigenvalue weighted by atomic mass is 16.2. The van der Waals surface area contributed by atoms with Crippen LogP contribution in [0.1, 0.15) is 19.8 Å². The molecule has 0 radical (unpaired) electrons. The molecule has 1 aliphatic heterocycles. The summed E-state index contributed by atoms with van der Waals surface area (Å²) in [6, 6.07) is 8.72. The van der Waals surface area contributed by atoms with Crippen molar-refractivity contribution in [2.45, 2.75) is 25.9 Å². The molecule has 4 amide bonds. The van der Waals surface area contributed by atoms with E-state index in [2.05, 4.69) is 27.8 Å². The smallest absolute Gasteiger partial charge is 0.317 e. The van der Waals surface area contributed by atoms with E-state index in [4.69, 9.17) is 0 Å². The summed E-state index contributed by atoms with van der Waals surface area (Å²) in [5.41, 5.74) is 1.45. The number of carbonyl (C=O) groups is 3. The van der Waals surface area contributed by atoms with E-state index in [1.54, 1.807) is 19.2 Å². The number of pyridine rings is 1. The van der Waals surface area contributed by atoms with Crippen LogP contribution in [0.5, 0.6) is 0 Å². The number of allylic oxidation sites excluding steroid dienone is 2. The Kier molecular flexibility index (Phi) is 4.12. The highest BCUT2D eigenvalue weighted by molar-refractivity contribution is 6.06. The topological polar surface area (TPSA) is 91.4 Å². The van der Waals surface area contributed by atoms with Gasteiger partial charge in [-0.2, -0.15) is 0 Å². The number of carbonyl (C=O) groups excluding carboxylic acids is 3. The molecule has 5 atom stereocenters. The number of hydrogen-bond donors (Lipinski definition) is 2. The van der Waals surface area contributed by atoms with Crippen LogP contribution in [-0.2, 0) is 9.59 Å². The Morgan fingerprint density at radius 1 is 1.10 bits per heavy atom. The maximum absolute atomic E-state index is 13.0. The molecule has 29 heavy (non-hydrogen) atoms. The molecular formula is C22H22N4O3. The van der Waals surface area contributed by atoms with E-state index in [9.17, 15) is 14.4 Å². The minimum Gasteiger partial charge on any atom is -0.317 e. The first-order chi connectivity index (χ1) is 14.0. The minimum absolute atomic E-state index is 0.138. The first kappa shape index (κ1) is 17.8. The van der Waals surface area contributed by atoms with Crippen LogP contribution in [0.2, 0.25) is 0 Å². The van der Waals surface area contributed by atoms with Gasteiger partial charge in [-0.15, -0.1) is 0 Å². The lowest BCUT2D eigenvalue weighted by Crippen LogP contribution is -2.50. The van der Waals surface area contributed by atoms with Crippen LogP contribution in [0.4, 0.5) is 10.5 Å². The maximum Gasteiger partial charge on any atom is 0.320 e. The second kappa shape index (κ2) is 6.69. The summed E-state index contributed by atoms with van der Waals surface area (Å²) in [5, 5.41) is 6.42. The molecule has 1 saturated heterocycles. The fraction of sp³-hybridized carbons (Fsp3) is 0.364. The zero-order valence-electron chi connectivity index (χ0n) is 16.0. The molecule has 1 saturated carbocycles. The lowest BCUT2D eigenvalue weighted by Gasteiger charge is -2.38. The lowest BCUT2D eigenvalue weighted by molar-refractivity contribution is -0.142. The molecule has 4 aliphatic rings. The first-order valence-corrected chi connectivity index (χ1v) is 10.0. The number of fused-ring (bicyclic) bond motifs is 2. The third-order valence-corrected chi connectivity index (χ3v) is 6.38. The standard InChI is InChI=1S/C22H22N4O3/c1-12(24-22(29)25-16-8-9-17-15(11-16)3-2-10-23-17)26-20(27)18-13-4-5-14(7-6-13)19(18)21(26)28/h2-5,8-14,18-19H,6-7H2,1H3,(H2,24,25,29)/t12-,13+,14+,18-,19-/m1/s1. The van der Waals surface area contributed by atoms with E-state index in [0.29, 0.717) is 5.69 Å². The molecule has 2 fully saturated rings. The molecule has 2 bridgehead atoms. The Morgan fingerprint density at radius 2 is 1.79 bits per heavy atom. The van der Waals surface area contributed by atoms with Crippen LogP contribution < -0.4 is 10.6 Å². The molecule has 1 aromatic heterocycles.